The third kappa shape index (κ3) is 8.69. The summed E-state index contributed by atoms with van der Waals surface area (Å²) in [5, 5.41) is 6.21. The summed E-state index contributed by atoms with van der Waals surface area (Å²) in [6.07, 6.45) is 5.38. The van der Waals surface area contributed by atoms with Gasteiger partial charge in [0.15, 0.2) is 0 Å². The minimum atomic E-state index is -0.977. The molecule has 0 radical (unpaired) electrons. The number of amides is 2. The molecule has 11 heteroatoms. The third-order valence-electron chi connectivity index (χ3n) is 7.83. The molecule has 1 aliphatic heterocycles. The summed E-state index contributed by atoms with van der Waals surface area (Å²) < 4.78 is 10.7. The highest BCUT2D eigenvalue weighted by atomic mass is 16.7. The van der Waals surface area contributed by atoms with E-state index in [1.54, 1.807) is 63.3 Å². The van der Waals surface area contributed by atoms with E-state index >= 15 is 0 Å². The first-order valence-electron chi connectivity index (χ1n) is 15.7. The van der Waals surface area contributed by atoms with Crippen molar-refractivity contribution in [3.8, 4) is 11.3 Å². The van der Waals surface area contributed by atoms with Crippen LogP contribution < -0.4 is 10.6 Å². The minimum Gasteiger partial charge on any atom is -0.425 e. The highest BCUT2D eigenvalue weighted by molar-refractivity contribution is 6.05. The van der Waals surface area contributed by atoms with Crippen LogP contribution in [-0.4, -0.2) is 57.2 Å². The van der Waals surface area contributed by atoms with E-state index in [0.717, 1.165) is 40.9 Å². The fourth-order valence-electron chi connectivity index (χ4n) is 5.14. The number of aryl methyl sites for hydroxylation is 1. The van der Waals surface area contributed by atoms with E-state index in [9.17, 15) is 14.4 Å². The van der Waals surface area contributed by atoms with Crippen LogP contribution in [0.4, 0.5) is 22.1 Å². The number of esters is 1. The molecule has 47 heavy (non-hydrogen) atoms. The Balaban J connectivity index is 1.18. The first-order valence-corrected chi connectivity index (χ1v) is 15.7. The van der Waals surface area contributed by atoms with E-state index in [4.69, 9.17) is 9.47 Å². The van der Waals surface area contributed by atoms with Crippen LogP contribution in [-0.2, 0) is 14.3 Å². The normalized spacial score (nSPS) is 15.3. The van der Waals surface area contributed by atoms with Crippen LogP contribution >= 0.6 is 0 Å². The number of pyridine rings is 1. The van der Waals surface area contributed by atoms with Gasteiger partial charge < -0.3 is 25.0 Å². The van der Waals surface area contributed by atoms with Gasteiger partial charge in [0.25, 0.3) is 5.91 Å². The van der Waals surface area contributed by atoms with Gasteiger partial charge in [-0.1, -0.05) is 18.2 Å². The molecule has 244 valence electrons. The number of nitrogens with zero attached hydrogens (tertiary/aromatic N) is 4. The lowest BCUT2D eigenvalue weighted by Crippen LogP contribution is -2.41. The summed E-state index contributed by atoms with van der Waals surface area (Å²) >= 11 is 0. The van der Waals surface area contributed by atoms with Crippen LogP contribution in [0.2, 0.25) is 0 Å². The molecule has 2 atom stereocenters. The minimum absolute atomic E-state index is 0.109. The molecule has 2 unspecified atom stereocenters. The van der Waals surface area contributed by atoms with Crippen LogP contribution in [0.1, 0.15) is 67.9 Å². The smallest absolute Gasteiger partial charge is 0.412 e. The molecule has 0 aliphatic carbocycles. The van der Waals surface area contributed by atoms with E-state index in [1.165, 1.54) is 0 Å². The number of anilines is 3. The molecule has 2 N–H and O–H groups in total. The molecular formula is C36H40N6O5. The summed E-state index contributed by atoms with van der Waals surface area (Å²) in [5.74, 6) is -0.161. The average molecular weight is 637 g/mol. The van der Waals surface area contributed by atoms with Gasteiger partial charge in [0.2, 0.25) is 12.2 Å². The highest BCUT2D eigenvalue weighted by Gasteiger charge is 2.30. The molecule has 1 saturated heterocycles. The Labute approximate surface area is 274 Å². The van der Waals surface area contributed by atoms with E-state index in [2.05, 4.69) is 25.6 Å². The molecule has 0 saturated carbocycles. The highest BCUT2D eigenvalue weighted by Crippen LogP contribution is 2.29. The first kappa shape index (κ1) is 33.1. The van der Waals surface area contributed by atoms with Gasteiger partial charge in [-0.15, -0.1) is 0 Å². The number of carbonyl (C=O) groups excluding carboxylic acids is 3. The average Bonchev–Trinajstić information content (AvgIpc) is 3.06. The first-order chi connectivity index (χ1) is 22.5. The Morgan fingerprint density at radius 2 is 1.79 bits per heavy atom. The van der Waals surface area contributed by atoms with Crippen molar-refractivity contribution in [1.29, 1.82) is 0 Å². The maximum absolute atomic E-state index is 13.2. The van der Waals surface area contributed by atoms with Gasteiger partial charge in [-0.05, 0) is 94.1 Å². The summed E-state index contributed by atoms with van der Waals surface area (Å²) in [4.78, 5) is 52.9. The number of rotatable bonds is 8. The summed E-state index contributed by atoms with van der Waals surface area (Å²) in [7, 11) is 0. The van der Waals surface area contributed by atoms with Gasteiger partial charge in [0.05, 0.1) is 11.1 Å². The van der Waals surface area contributed by atoms with Gasteiger partial charge in [-0.2, -0.15) is 0 Å². The van der Waals surface area contributed by atoms with Crippen molar-refractivity contribution in [2.45, 2.75) is 59.7 Å². The lowest BCUT2D eigenvalue weighted by Gasteiger charge is -2.33. The van der Waals surface area contributed by atoms with Crippen molar-refractivity contribution in [3.63, 3.8) is 0 Å². The molecular weight excluding hydrogens is 596 g/mol. The Hall–Kier alpha value is -5.32. The zero-order valence-corrected chi connectivity index (χ0v) is 27.3. The molecule has 2 aromatic heterocycles. The van der Waals surface area contributed by atoms with E-state index in [1.807, 2.05) is 55.5 Å². The van der Waals surface area contributed by atoms with Gasteiger partial charge >= 0.3 is 12.1 Å². The number of ether oxygens (including phenoxy) is 2. The lowest BCUT2D eigenvalue weighted by molar-refractivity contribution is -0.175. The maximum atomic E-state index is 13.2. The van der Waals surface area contributed by atoms with E-state index < -0.39 is 23.8 Å². The standard InChI is InChI=1S/C36H40N6O5/c1-23-10-11-26(20-31(23)41-34-38-18-16-30(40-34)27-8-6-17-37-21-27)32(43)39-29-14-12-25(13-15-29)28-9-7-19-42(22-28)35(45)47-24(2)46-33(44)36(3,4)5/h6,8,10-18,20-21,24,28H,7,9,19,22H2,1-5H3,(H,39,43)(H,38,40,41). The van der Waals surface area contributed by atoms with Crippen molar-refractivity contribution in [1.82, 2.24) is 19.9 Å². The third-order valence-corrected chi connectivity index (χ3v) is 7.83. The van der Waals surface area contributed by atoms with Crippen LogP contribution in [0.25, 0.3) is 11.3 Å². The predicted molar refractivity (Wildman–Crippen MR) is 179 cm³/mol. The summed E-state index contributed by atoms with van der Waals surface area (Å²) in [5.41, 5.74) is 4.78. The number of nitrogens with one attached hydrogen (secondary N) is 2. The molecule has 4 aromatic rings. The fraction of sp³-hybridized carbons (Fsp3) is 0.333. The van der Waals surface area contributed by atoms with Crippen molar-refractivity contribution in [3.05, 3.63) is 95.9 Å². The Morgan fingerprint density at radius 1 is 1.00 bits per heavy atom. The number of piperidine rings is 1. The number of likely N-dealkylation sites (tertiary alicyclic amines) is 1. The van der Waals surface area contributed by atoms with Crippen LogP contribution in [0.5, 0.6) is 0 Å². The summed E-state index contributed by atoms with van der Waals surface area (Å²) in [6, 6.07) is 18.7. The summed E-state index contributed by atoms with van der Waals surface area (Å²) in [6.45, 7) is 9.78. The zero-order chi connectivity index (χ0) is 33.6. The number of hydrogen-bond acceptors (Lipinski definition) is 9. The molecule has 5 rings (SSSR count). The topological polar surface area (TPSA) is 136 Å². The Kier molecular flexibility index (Phi) is 10.1. The van der Waals surface area contributed by atoms with Gasteiger partial charge in [0.1, 0.15) is 0 Å². The number of aromatic nitrogens is 3. The number of hydrogen-bond donors (Lipinski definition) is 2. The number of carbonyl (C=O) groups is 3. The molecule has 2 aromatic carbocycles. The molecule has 2 amide bonds. The lowest BCUT2D eigenvalue weighted by atomic mass is 9.90. The predicted octanol–water partition coefficient (Wildman–Crippen LogP) is 7.09. The van der Waals surface area contributed by atoms with Crippen LogP contribution in [0, 0.1) is 12.3 Å². The fourth-order valence-corrected chi connectivity index (χ4v) is 5.14. The van der Waals surface area contributed by atoms with E-state index in [0.29, 0.717) is 30.3 Å². The molecule has 1 fully saturated rings. The molecule has 0 spiro atoms. The van der Waals surface area contributed by atoms with Gasteiger partial charge in [-0.25, -0.2) is 14.8 Å². The second kappa shape index (κ2) is 14.4. The van der Waals surface area contributed by atoms with Crippen molar-refractivity contribution in [2.24, 2.45) is 5.41 Å². The van der Waals surface area contributed by atoms with Crippen molar-refractivity contribution < 1.29 is 23.9 Å². The Morgan fingerprint density at radius 3 is 2.51 bits per heavy atom. The van der Waals surface area contributed by atoms with Crippen LogP contribution in [0.15, 0.2) is 79.3 Å². The second-order valence-electron chi connectivity index (χ2n) is 12.6. The quantitative estimate of drug-likeness (QED) is 0.153. The largest absolute Gasteiger partial charge is 0.425 e. The molecule has 1 aliphatic rings. The monoisotopic (exact) mass is 636 g/mol. The Bertz CT molecular complexity index is 1720. The van der Waals surface area contributed by atoms with Crippen LogP contribution in [0.3, 0.4) is 0 Å². The molecule has 0 bridgehead atoms. The van der Waals surface area contributed by atoms with Gasteiger partial charge in [-0.3, -0.25) is 14.6 Å². The number of benzene rings is 2. The molecule has 3 heterocycles. The van der Waals surface area contributed by atoms with Crippen molar-refractivity contribution >= 4 is 35.3 Å². The van der Waals surface area contributed by atoms with Crippen molar-refractivity contribution in [2.75, 3.05) is 23.7 Å². The molecule has 11 nitrogen and oxygen atoms in total. The SMILES string of the molecule is Cc1ccc(C(=O)Nc2ccc(C3CCCN(C(=O)OC(C)OC(=O)C(C)(C)C)C3)cc2)cc1Nc1nccc(-c2cccnc2)n1. The second-order valence-corrected chi connectivity index (χ2v) is 12.6. The van der Waals surface area contributed by atoms with E-state index in [-0.39, 0.29) is 11.8 Å². The zero-order valence-electron chi connectivity index (χ0n) is 27.3. The van der Waals surface area contributed by atoms with Gasteiger partial charge in [0, 0.05) is 67.0 Å². The maximum Gasteiger partial charge on any atom is 0.412 e.